The Balaban J connectivity index is 1.32. The maximum Gasteiger partial charge on any atom is 0.164 e. The average Bonchev–Trinajstić information content (AvgIpc) is 3.00. The predicted octanol–water partition coefficient (Wildman–Crippen LogP) is 6.63. The maximum absolute atomic E-state index is 13.2. The van der Waals surface area contributed by atoms with Gasteiger partial charge in [0.2, 0.25) is 0 Å². The summed E-state index contributed by atoms with van der Waals surface area (Å²) in [4.78, 5) is 31.3. The lowest BCUT2D eigenvalue weighted by Gasteiger charge is -2.42. The van der Waals surface area contributed by atoms with Crippen LogP contribution in [-0.2, 0) is 0 Å². The minimum Gasteiger partial charge on any atom is -0.294 e. The van der Waals surface area contributed by atoms with Gasteiger partial charge in [0.25, 0.3) is 0 Å². The third kappa shape index (κ3) is 6.34. The Kier molecular flexibility index (Phi) is 8.54. The average molecular weight is 503 g/mol. The first kappa shape index (κ1) is 25.8. The fourth-order valence-corrected chi connectivity index (χ4v) is 5.46. The summed E-state index contributed by atoms with van der Waals surface area (Å²) in [6.07, 6.45) is 0.894. The second-order valence-electron chi connectivity index (χ2n) is 9.91. The molecule has 4 nitrogen and oxygen atoms in total. The highest BCUT2D eigenvalue weighted by Crippen LogP contribution is 2.31. The van der Waals surface area contributed by atoms with E-state index in [1.165, 1.54) is 11.1 Å². The molecule has 0 amide bonds. The second kappa shape index (κ2) is 12.6. The SMILES string of the molecule is O=C(C[C@H](c1ccccc1)N1CCN([C@@H](CC(=O)c2ccccc2)c2ccccc2)CC1)c1ccccc1. The molecular formula is C34H34N2O2. The Morgan fingerprint density at radius 1 is 0.474 bits per heavy atom. The van der Waals surface area contributed by atoms with Gasteiger partial charge in [-0.2, -0.15) is 0 Å². The molecule has 4 aromatic rings. The lowest BCUT2D eigenvalue weighted by atomic mass is 9.94. The first-order chi connectivity index (χ1) is 18.7. The fourth-order valence-electron chi connectivity index (χ4n) is 5.46. The van der Waals surface area contributed by atoms with E-state index in [9.17, 15) is 9.59 Å². The highest BCUT2D eigenvalue weighted by atomic mass is 16.1. The van der Waals surface area contributed by atoms with Gasteiger partial charge in [-0.25, -0.2) is 0 Å². The topological polar surface area (TPSA) is 40.6 Å². The Morgan fingerprint density at radius 2 is 0.763 bits per heavy atom. The van der Waals surface area contributed by atoms with Gasteiger partial charge in [-0.15, -0.1) is 0 Å². The van der Waals surface area contributed by atoms with Crippen molar-refractivity contribution in [1.82, 2.24) is 9.80 Å². The number of Topliss-reactive ketones (excluding diaryl/α,β-unsaturated/α-hetero) is 2. The molecule has 0 spiro atoms. The van der Waals surface area contributed by atoms with E-state index >= 15 is 0 Å². The quantitative estimate of drug-likeness (QED) is 0.228. The van der Waals surface area contributed by atoms with Crippen molar-refractivity contribution in [1.29, 1.82) is 0 Å². The standard InChI is InChI=1S/C34H34N2O2/c37-33(29-17-9-3-10-18-29)25-31(27-13-5-1-6-14-27)35-21-23-36(24-22-35)32(28-15-7-2-8-16-28)26-34(38)30-19-11-4-12-20-30/h1-20,31-32H,21-26H2/t31-,32+. The van der Waals surface area contributed by atoms with Crippen LogP contribution < -0.4 is 0 Å². The molecule has 4 heteroatoms. The molecule has 4 aromatic carbocycles. The van der Waals surface area contributed by atoms with Crippen LogP contribution in [0.5, 0.6) is 0 Å². The van der Waals surface area contributed by atoms with Gasteiger partial charge in [0.1, 0.15) is 0 Å². The highest BCUT2D eigenvalue weighted by molar-refractivity contribution is 5.97. The van der Waals surface area contributed by atoms with Gasteiger partial charge >= 0.3 is 0 Å². The highest BCUT2D eigenvalue weighted by Gasteiger charge is 2.31. The minimum absolute atomic E-state index is 0.0205. The maximum atomic E-state index is 13.2. The zero-order chi connectivity index (χ0) is 26.2. The summed E-state index contributed by atoms with van der Waals surface area (Å²) >= 11 is 0. The molecule has 0 bridgehead atoms. The van der Waals surface area contributed by atoms with Crippen LogP contribution in [0.2, 0.25) is 0 Å². The van der Waals surface area contributed by atoms with Crippen LogP contribution in [0.3, 0.4) is 0 Å². The van der Waals surface area contributed by atoms with Gasteiger partial charge in [-0.05, 0) is 11.1 Å². The van der Waals surface area contributed by atoms with Gasteiger partial charge in [0, 0.05) is 62.2 Å². The summed E-state index contributed by atoms with van der Waals surface area (Å²) in [5.74, 6) is 0.329. The summed E-state index contributed by atoms with van der Waals surface area (Å²) in [5, 5.41) is 0. The lowest BCUT2D eigenvalue weighted by Crippen LogP contribution is -2.49. The number of carbonyl (C=O) groups excluding carboxylic acids is 2. The third-order valence-corrected chi connectivity index (χ3v) is 7.55. The molecule has 0 aliphatic carbocycles. The number of piperazine rings is 1. The molecule has 5 rings (SSSR count). The Hall–Kier alpha value is -3.86. The van der Waals surface area contributed by atoms with Crippen LogP contribution in [-0.4, -0.2) is 47.5 Å². The van der Waals surface area contributed by atoms with E-state index in [-0.39, 0.29) is 23.7 Å². The number of ketones is 2. The van der Waals surface area contributed by atoms with Crippen LogP contribution in [0.1, 0.15) is 56.8 Å². The third-order valence-electron chi connectivity index (χ3n) is 7.55. The molecule has 1 saturated heterocycles. The Bertz CT molecular complexity index is 1200. The molecule has 192 valence electrons. The van der Waals surface area contributed by atoms with Gasteiger partial charge in [-0.3, -0.25) is 19.4 Å². The molecule has 1 aliphatic heterocycles. The number of benzene rings is 4. The molecule has 0 unspecified atom stereocenters. The smallest absolute Gasteiger partial charge is 0.164 e. The normalized spacial score (nSPS) is 16.0. The molecule has 0 N–H and O–H groups in total. The van der Waals surface area contributed by atoms with E-state index in [0.717, 1.165) is 37.3 Å². The first-order valence-electron chi connectivity index (χ1n) is 13.4. The van der Waals surface area contributed by atoms with Gasteiger partial charge in [0.05, 0.1) is 0 Å². The number of hydrogen-bond donors (Lipinski definition) is 0. The van der Waals surface area contributed by atoms with Crippen molar-refractivity contribution in [3.05, 3.63) is 144 Å². The zero-order valence-electron chi connectivity index (χ0n) is 21.7. The second-order valence-corrected chi connectivity index (χ2v) is 9.91. The van der Waals surface area contributed by atoms with E-state index in [1.807, 2.05) is 97.1 Å². The molecule has 2 atom stereocenters. The van der Waals surface area contributed by atoms with Gasteiger partial charge < -0.3 is 0 Å². The van der Waals surface area contributed by atoms with E-state index < -0.39 is 0 Å². The van der Waals surface area contributed by atoms with Crippen LogP contribution in [0, 0.1) is 0 Å². The van der Waals surface area contributed by atoms with E-state index in [2.05, 4.69) is 34.1 Å². The van der Waals surface area contributed by atoms with Gasteiger partial charge in [0.15, 0.2) is 11.6 Å². The predicted molar refractivity (Wildman–Crippen MR) is 152 cm³/mol. The van der Waals surface area contributed by atoms with Crippen LogP contribution >= 0.6 is 0 Å². The monoisotopic (exact) mass is 502 g/mol. The van der Waals surface area contributed by atoms with Crippen LogP contribution in [0.15, 0.2) is 121 Å². The van der Waals surface area contributed by atoms with Crippen molar-refractivity contribution in [2.45, 2.75) is 24.9 Å². The molecule has 0 aromatic heterocycles. The number of rotatable bonds is 10. The largest absolute Gasteiger partial charge is 0.294 e. The van der Waals surface area contributed by atoms with E-state index in [1.54, 1.807) is 0 Å². The molecule has 1 fully saturated rings. The first-order valence-corrected chi connectivity index (χ1v) is 13.4. The Morgan fingerprint density at radius 3 is 1.08 bits per heavy atom. The molecule has 1 heterocycles. The zero-order valence-corrected chi connectivity index (χ0v) is 21.7. The summed E-state index contributed by atoms with van der Waals surface area (Å²) in [5.41, 5.74) is 3.86. The van der Waals surface area contributed by atoms with Crippen molar-refractivity contribution in [2.75, 3.05) is 26.2 Å². The molecule has 38 heavy (non-hydrogen) atoms. The van der Waals surface area contributed by atoms with Crippen LogP contribution in [0.4, 0.5) is 0 Å². The molecule has 0 radical (unpaired) electrons. The summed E-state index contributed by atoms with van der Waals surface area (Å²) in [6, 6.07) is 39.9. The fraction of sp³-hybridized carbons (Fsp3) is 0.235. The van der Waals surface area contributed by atoms with Crippen molar-refractivity contribution < 1.29 is 9.59 Å². The summed E-state index contributed by atoms with van der Waals surface area (Å²) in [6.45, 7) is 3.35. The van der Waals surface area contributed by atoms with Crippen molar-refractivity contribution in [2.24, 2.45) is 0 Å². The van der Waals surface area contributed by atoms with E-state index in [4.69, 9.17) is 0 Å². The molecular weight excluding hydrogens is 468 g/mol. The Labute approximate surface area is 225 Å². The van der Waals surface area contributed by atoms with Crippen LogP contribution in [0.25, 0.3) is 0 Å². The van der Waals surface area contributed by atoms with Crippen molar-refractivity contribution in [3.63, 3.8) is 0 Å². The minimum atomic E-state index is 0.0205. The van der Waals surface area contributed by atoms with Gasteiger partial charge in [-0.1, -0.05) is 121 Å². The molecule has 1 aliphatic rings. The summed E-state index contributed by atoms with van der Waals surface area (Å²) in [7, 11) is 0. The molecule has 0 saturated carbocycles. The number of hydrogen-bond acceptors (Lipinski definition) is 4. The lowest BCUT2D eigenvalue weighted by molar-refractivity contribution is 0.0557. The number of nitrogens with zero attached hydrogens (tertiary/aromatic N) is 2. The summed E-state index contributed by atoms with van der Waals surface area (Å²) < 4.78 is 0. The van der Waals surface area contributed by atoms with E-state index in [0.29, 0.717) is 12.8 Å². The van der Waals surface area contributed by atoms with Crippen molar-refractivity contribution >= 4 is 11.6 Å². The number of carbonyl (C=O) groups is 2. The van der Waals surface area contributed by atoms with Crippen molar-refractivity contribution in [3.8, 4) is 0 Å².